The van der Waals surface area contributed by atoms with Gasteiger partial charge in [-0.05, 0) is 34.5 Å². The Morgan fingerprint density at radius 3 is 2.55 bits per heavy atom. The summed E-state index contributed by atoms with van der Waals surface area (Å²) in [5.74, 6) is 0.594. The second-order valence-electron chi connectivity index (χ2n) is 6.77. The molecule has 0 saturated heterocycles. The Hall–Kier alpha value is -3.26. The third-order valence-corrected chi connectivity index (χ3v) is 5.78. The number of carbonyl (C=O) groups excluding carboxylic acids is 1. The number of sulfonamides is 1. The van der Waals surface area contributed by atoms with Crippen LogP contribution in [0.4, 0.5) is 5.69 Å². The second-order valence-corrected chi connectivity index (χ2v) is 8.67. The Labute approximate surface area is 168 Å². The van der Waals surface area contributed by atoms with Crippen LogP contribution in [0.15, 0.2) is 60.7 Å². The Morgan fingerprint density at radius 1 is 1.00 bits per heavy atom. The Morgan fingerprint density at radius 2 is 1.76 bits per heavy atom. The van der Waals surface area contributed by atoms with E-state index in [2.05, 4.69) is 5.32 Å². The summed E-state index contributed by atoms with van der Waals surface area (Å²) in [4.78, 5) is 12.5. The summed E-state index contributed by atoms with van der Waals surface area (Å²) in [6.07, 6.45) is 1.06. The van der Waals surface area contributed by atoms with E-state index in [9.17, 15) is 13.2 Å². The molecule has 0 spiro atoms. The molecule has 1 N–H and O–H groups in total. The number of anilines is 1. The number of hydrogen-bond acceptors (Lipinski definition) is 5. The fourth-order valence-corrected chi connectivity index (χ4v) is 4.02. The number of fused-ring (bicyclic) bond motifs is 2. The monoisotopic (exact) mass is 412 g/mol. The number of carbonyl (C=O) groups is 1. The molecule has 4 rings (SSSR count). The minimum atomic E-state index is -3.67. The van der Waals surface area contributed by atoms with Crippen molar-refractivity contribution in [3.8, 4) is 11.5 Å². The summed E-state index contributed by atoms with van der Waals surface area (Å²) in [6, 6.07) is 18.7. The second kappa shape index (κ2) is 7.63. The minimum absolute atomic E-state index is 0.0872. The average Bonchev–Trinajstić information content (AvgIpc) is 3.17. The van der Waals surface area contributed by atoms with E-state index in [4.69, 9.17) is 9.47 Å². The van der Waals surface area contributed by atoms with E-state index in [0.717, 1.165) is 26.9 Å². The third kappa shape index (κ3) is 4.27. The van der Waals surface area contributed by atoms with Crippen LogP contribution in [0.2, 0.25) is 0 Å². The molecule has 0 aromatic heterocycles. The number of nitrogens with one attached hydrogen (secondary N) is 1. The molecule has 0 fully saturated rings. The minimum Gasteiger partial charge on any atom is -0.454 e. The van der Waals surface area contributed by atoms with E-state index in [0.29, 0.717) is 23.7 Å². The molecule has 29 heavy (non-hydrogen) atoms. The highest BCUT2D eigenvalue weighted by atomic mass is 32.2. The van der Waals surface area contributed by atoms with Gasteiger partial charge in [-0.3, -0.25) is 9.10 Å². The topological polar surface area (TPSA) is 84.9 Å². The van der Waals surface area contributed by atoms with Crippen LogP contribution in [-0.2, 0) is 21.4 Å². The number of rotatable bonds is 6. The molecule has 3 aromatic rings. The molecule has 0 radical (unpaired) electrons. The van der Waals surface area contributed by atoms with Gasteiger partial charge < -0.3 is 14.8 Å². The van der Waals surface area contributed by atoms with Gasteiger partial charge in [-0.2, -0.15) is 0 Å². The van der Waals surface area contributed by atoms with Gasteiger partial charge in [0.05, 0.1) is 11.9 Å². The molecule has 0 saturated carbocycles. The van der Waals surface area contributed by atoms with Crippen molar-refractivity contribution < 1.29 is 22.7 Å². The van der Waals surface area contributed by atoms with Crippen molar-refractivity contribution in [2.45, 2.75) is 6.54 Å². The molecular weight excluding hydrogens is 392 g/mol. The molecule has 7 nitrogen and oxygen atoms in total. The molecule has 0 bridgehead atoms. The highest BCUT2D eigenvalue weighted by molar-refractivity contribution is 7.92. The maximum absolute atomic E-state index is 12.5. The molecule has 1 heterocycles. The van der Waals surface area contributed by atoms with Crippen LogP contribution in [0.5, 0.6) is 11.5 Å². The highest BCUT2D eigenvalue weighted by Gasteiger charge is 2.23. The molecule has 8 heteroatoms. The molecule has 1 amide bonds. The first-order valence-electron chi connectivity index (χ1n) is 9.02. The first-order valence-corrected chi connectivity index (χ1v) is 10.9. The van der Waals surface area contributed by atoms with E-state index in [1.54, 1.807) is 18.2 Å². The summed E-state index contributed by atoms with van der Waals surface area (Å²) in [5.41, 5.74) is 1.28. The maximum Gasteiger partial charge on any atom is 0.241 e. The standard InChI is InChI=1S/C21H20N2O5S/c1-29(25,26)23(18-8-9-19-20(11-18)28-14-27-19)13-21(24)22-12-15-6-7-16-4-2-3-5-17(16)10-15/h2-11H,12-14H2,1H3,(H,22,24). The molecule has 0 unspecified atom stereocenters. The predicted molar refractivity (Wildman–Crippen MR) is 111 cm³/mol. The number of ether oxygens (including phenoxy) is 2. The lowest BCUT2D eigenvalue weighted by Gasteiger charge is -2.22. The maximum atomic E-state index is 12.5. The van der Waals surface area contributed by atoms with Crippen LogP contribution in [0.1, 0.15) is 5.56 Å². The van der Waals surface area contributed by atoms with Gasteiger partial charge in [0, 0.05) is 12.6 Å². The van der Waals surface area contributed by atoms with Gasteiger partial charge in [0.1, 0.15) is 6.54 Å². The Kier molecular flexibility index (Phi) is 5.02. The van der Waals surface area contributed by atoms with Crippen molar-refractivity contribution in [3.05, 3.63) is 66.2 Å². The molecule has 3 aromatic carbocycles. The van der Waals surface area contributed by atoms with Gasteiger partial charge in [-0.25, -0.2) is 8.42 Å². The summed E-state index contributed by atoms with van der Waals surface area (Å²) in [5, 5.41) is 4.99. The van der Waals surface area contributed by atoms with E-state index < -0.39 is 15.9 Å². The largest absolute Gasteiger partial charge is 0.454 e. The number of amides is 1. The van der Waals surface area contributed by atoms with Crippen molar-refractivity contribution in [2.24, 2.45) is 0 Å². The summed E-state index contributed by atoms with van der Waals surface area (Å²) < 4.78 is 36.1. The van der Waals surface area contributed by atoms with Crippen LogP contribution in [-0.4, -0.2) is 33.9 Å². The summed E-state index contributed by atoms with van der Waals surface area (Å²) in [6.45, 7) is 0.0678. The zero-order chi connectivity index (χ0) is 20.4. The molecular formula is C21H20N2O5S. The molecule has 1 aliphatic heterocycles. The number of benzene rings is 3. The Bertz CT molecular complexity index is 1180. The lowest BCUT2D eigenvalue weighted by molar-refractivity contribution is -0.119. The molecule has 1 aliphatic rings. The number of hydrogen-bond donors (Lipinski definition) is 1. The fourth-order valence-electron chi connectivity index (χ4n) is 3.18. The fraction of sp³-hybridized carbons (Fsp3) is 0.190. The Balaban J connectivity index is 1.46. The van der Waals surface area contributed by atoms with Gasteiger partial charge in [-0.15, -0.1) is 0 Å². The van der Waals surface area contributed by atoms with Crippen molar-refractivity contribution in [1.82, 2.24) is 5.32 Å². The highest BCUT2D eigenvalue weighted by Crippen LogP contribution is 2.36. The summed E-state index contributed by atoms with van der Waals surface area (Å²) in [7, 11) is -3.67. The zero-order valence-corrected chi connectivity index (χ0v) is 16.6. The lowest BCUT2D eigenvalue weighted by Crippen LogP contribution is -2.40. The average molecular weight is 412 g/mol. The van der Waals surface area contributed by atoms with Gasteiger partial charge >= 0.3 is 0 Å². The van der Waals surface area contributed by atoms with Crippen molar-refractivity contribution in [1.29, 1.82) is 0 Å². The normalized spacial score (nSPS) is 12.7. The first-order chi connectivity index (χ1) is 13.9. The van der Waals surface area contributed by atoms with Gasteiger partial charge in [0.2, 0.25) is 22.7 Å². The predicted octanol–water partition coefficient (Wildman–Crippen LogP) is 2.65. The first kappa shape index (κ1) is 19.1. The van der Waals surface area contributed by atoms with Crippen molar-refractivity contribution in [2.75, 3.05) is 23.9 Å². The van der Waals surface area contributed by atoms with Crippen LogP contribution in [0.3, 0.4) is 0 Å². The van der Waals surface area contributed by atoms with Gasteiger partial charge in [0.25, 0.3) is 0 Å². The van der Waals surface area contributed by atoms with E-state index >= 15 is 0 Å². The molecule has 150 valence electrons. The molecule has 0 aliphatic carbocycles. The van der Waals surface area contributed by atoms with Gasteiger partial charge in [-0.1, -0.05) is 36.4 Å². The van der Waals surface area contributed by atoms with Crippen LogP contribution in [0, 0.1) is 0 Å². The van der Waals surface area contributed by atoms with Crippen molar-refractivity contribution >= 4 is 32.4 Å². The van der Waals surface area contributed by atoms with Crippen LogP contribution in [0.25, 0.3) is 10.8 Å². The van der Waals surface area contributed by atoms with E-state index in [-0.39, 0.29) is 13.3 Å². The number of nitrogens with zero attached hydrogens (tertiary/aromatic N) is 1. The van der Waals surface area contributed by atoms with E-state index in [1.807, 2.05) is 42.5 Å². The summed E-state index contributed by atoms with van der Waals surface area (Å²) >= 11 is 0. The molecule has 0 atom stereocenters. The third-order valence-electron chi connectivity index (χ3n) is 4.64. The van der Waals surface area contributed by atoms with Crippen LogP contribution < -0.4 is 19.1 Å². The van der Waals surface area contributed by atoms with Gasteiger partial charge in [0.15, 0.2) is 11.5 Å². The quantitative estimate of drug-likeness (QED) is 0.673. The lowest BCUT2D eigenvalue weighted by atomic mass is 10.1. The zero-order valence-electron chi connectivity index (χ0n) is 15.8. The van der Waals surface area contributed by atoms with Crippen molar-refractivity contribution in [3.63, 3.8) is 0 Å². The SMILES string of the molecule is CS(=O)(=O)N(CC(=O)NCc1ccc2ccccc2c1)c1ccc2c(c1)OCO2. The van der Waals surface area contributed by atoms with Crippen LogP contribution >= 0.6 is 0 Å². The smallest absolute Gasteiger partial charge is 0.241 e. The van der Waals surface area contributed by atoms with E-state index in [1.165, 1.54) is 0 Å².